The van der Waals surface area contributed by atoms with Crippen LogP contribution in [0.5, 0.6) is 0 Å². The zero-order valence-corrected chi connectivity index (χ0v) is 19.7. The summed E-state index contributed by atoms with van der Waals surface area (Å²) in [5, 5.41) is 2.58. The van der Waals surface area contributed by atoms with Crippen LogP contribution in [0.15, 0.2) is 38.2 Å². The highest BCUT2D eigenvalue weighted by Crippen LogP contribution is 2.38. The van der Waals surface area contributed by atoms with E-state index in [0.29, 0.717) is 23.6 Å². The maximum atomic E-state index is 12.9. The topological polar surface area (TPSA) is 136 Å². The highest BCUT2D eigenvalue weighted by Gasteiger charge is 2.26. The van der Waals surface area contributed by atoms with E-state index in [-0.39, 0.29) is 16.6 Å². The molecule has 12 heteroatoms. The number of nitrogens with zero attached hydrogens (tertiary/aromatic N) is 2. The zero-order valence-electron chi connectivity index (χ0n) is 17.3. The van der Waals surface area contributed by atoms with Crippen LogP contribution < -0.4 is 21.5 Å². The minimum atomic E-state index is -4.00. The van der Waals surface area contributed by atoms with E-state index in [1.165, 1.54) is 58.9 Å². The lowest BCUT2D eigenvalue weighted by molar-refractivity contribution is -0.114. The van der Waals surface area contributed by atoms with Crippen molar-refractivity contribution in [1.29, 1.82) is 0 Å². The average molecular weight is 482 g/mol. The third-order valence-corrected chi connectivity index (χ3v) is 8.32. The van der Waals surface area contributed by atoms with E-state index in [1.54, 1.807) is 6.92 Å². The number of carbonyl (C=O) groups is 1. The fraction of sp³-hybridized carbons (Fsp3) is 0.316. The van der Waals surface area contributed by atoms with Crippen LogP contribution >= 0.6 is 23.1 Å². The summed E-state index contributed by atoms with van der Waals surface area (Å²) in [6.45, 7) is 5.62. The Hall–Kier alpha value is -2.41. The Balaban J connectivity index is 2.00. The van der Waals surface area contributed by atoms with Crippen molar-refractivity contribution in [2.75, 3.05) is 22.3 Å². The van der Waals surface area contributed by atoms with Crippen LogP contribution in [0.2, 0.25) is 0 Å². The highest BCUT2D eigenvalue weighted by molar-refractivity contribution is 8.01. The van der Waals surface area contributed by atoms with Gasteiger partial charge in [0.2, 0.25) is 5.91 Å². The molecule has 0 spiro atoms. The van der Waals surface area contributed by atoms with Crippen molar-refractivity contribution < 1.29 is 13.2 Å². The van der Waals surface area contributed by atoms with Gasteiger partial charge in [-0.25, -0.2) is 13.2 Å². The molecule has 31 heavy (non-hydrogen) atoms. The number of benzene rings is 1. The molecule has 0 aromatic heterocycles. The molecule has 0 fully saturated rings. The second kappa shape index (κ2) is 9.39. The quantitative estimate of drug-likeness (QED) is 0.332. The summed E-state index contributed by atoms with van der Waals surface area (Å²) >= 11 is 3.01. The van der Waals surface area contributed by atoms with Crippen LogP contribution in [-0.2, 0) is 14.8 Å². The standard InChI is InChI=1S/C19H23N5O4S3/c1-11-12(2)30-18(29-10-4-9-20)16-17(22-19(26)24(11)16)23-31(27,28)15-7-5-14(6-8-15)21-13(3)25/h5-8H,4,9-10,20H2,1-3H3,(H,21,25)(H,22,23,26). The highest BCUT2D eigenvalue weighted by atomic mass is 32.2. The van der Waals surface area contributed by atoms with Crippen molar-refractivity contribution in [3.63, 3.8) is 0 Å². The van der Waals surface area contributed by atoms with Crippen LogP contribution in [0.25, 0.3) is 5.69 Å². The Morgan fingerprint density at radius 1 is 1.26 bits per heavy atom. The van der Waals surface area contributed by atoms with Crippen LogP contribution in [0.1, 0.15) is 23.9 Å². The molecular weight excluding hydrogens is 458 g/mol. The van der Waals surface area contributed by atoms with E-state index in [4.69, 9.17) is 5.73 Å². The molecule has 166 valence electrons. The second-order valence-electron chi connectivity index (χ2n) is 6.76. The summed E-state index contributed by atoms with van der Waals surface area (Å²) < 4.78 is 30.6. The van der Waals surface area contributed by atoms with E-state index >= 15 is 0 Å². The Morgan fingerprint density at radius 2 is 1.94 bits per heavy atom. The zero-order chi connectivity index (χ0) is 22.8. The van der Waals surface area contributed by atoms with Crippen molar-refractivity contribution in [1.82, 2.24) is 9.55 Å². The molecule has 4 N–H and O–H groups in total. The maximum Gasteiger partial charge on any atom is 0.354 e. The van der Waals surface area contributed by atoms with Gasteiger partial charge in [0.05, 0.1) is 9.10 Å². The Labute approximate surface area is 188 Å². The first-order valence-electron chi connectivity index (χ1n) is 9.40. The van der Waals surface area contributed by atoms with E-state index in [0.717, 1.165) is 21.3 Å². The molecular formula is C19H23N5O4S3. The first-order valence-corrected chi connectivity index (χ1v) is 12.7. The number of anilines is 2. The fourth-order valence-corrected chi connectivity index (χ4v) is 6.33. The van der Waals surface area contributed by atoms with E-state index < -0.39 is 15.7 Å². The monoisotopic (exact) mass is 481 g/mol. The van der Waals surface area contributed by atoms with Crippen molar-refractivity contribution in [3.8, 4) is 5.69 Å². The minimum Gasteiger partial charge on any atom is -0.330 e. The van der Waals surface area contributed by atoms with Crippen molar-refractivity contribution in [2.45, 2.75) is 36.3 Å². The average Bonchev–Trinajstić information content (AvgIpc) is 3.01. The summed E-state index contributed by atoms with van der Waals surface area (Å²) in [5.74, 6) is 0.472. The maximum absolute atomic E-state index is 12.9. The lowest BCUT2D eigenvalue weighted by Gasteiger charge is -2.16. The summed E-state index contributed by atoms with van der Waals surface area (Å²) in [7, 11) is -4.00. The van der Waals surface area contributed by atoms with Gasteiger partial charge in [-0.3, -0.25) is 14.1 Å². The molecule has 2 aliphatic heterocycles. The molecule has 0 saturated carbocycles. The van der Waals surface area contributed by atoms with Gasteiger partial charge < -0.3 is 11.1 Å². The van der Waals surface area contributed by atoms with Gasteiger partial charge in [-0.15, -0.1) is 23.1 Å². The van der Waals surface area contributed by atoms with Crippen molar-refractivity contribution >= 4 is 50.5 Å². The number of carbonyl (C=O) groups excluding carboxylic acids is 1. The van der Waals surface area contributed by atoms with Gasteiger partial charge in [0, 0.05) is 28.9 Å². The van der Waals surface area contributed by atoms with Crippen LogP contribution in [0.3, 0.4) is 0 Å². The number of hydrogen-bond donors (Lipinski definition) is 3. The minimum absolute atomic E-state index is 0.00876. The van der Waals surface area contributed by atoms with Gasteiger partial charge in [-0.05, 0) is 51.1 Å². The number of nitrogens with two attached hydrogens (primary N) is 1. The van der Waals surface area contributed by atoms with Gasteiger partial charge in [-0.2, -0.15) is 4.98 Å². The lowest BCUT2D eigenvalue weighted by atomic mass is 10.3. The van der Waals surface area contributed by atoms with Gasteiger partial charge in [-0.1, -0.05) is 0 Å². The third-order valence-electron chi connectivity index (χ3n) is 4.43. The normalized spacial score (nSPS) is 11.6. The lowest BCUT2D eigenvalue weighted by Crippen LogP contribution is -2.17. The molecule has 1 amide bonds. The van der Waals surface area contributed by atoms with Gasteiger partial charge in [0.25, 0.3) is 10.0 Å². The summed E-state index contributed by atoms with van der Waals surface area (Å²) in [6, 6.07) is 5.73. The number of imidazole rings is 1. The molecule has 2 aliphatic rings. The Kier molecular flexibility index (Phi) is 7.04. The Morgan fingerprint density at radius 3 is 2.55 bits per heavy atom. The largest absolute Gasteiger partial charge is 0.354 e. The fourth-order valence-electron chi connectivity index (χ4n) is 2.84. The smallest absolute Gasteiger partial charge is 0.330 e. The number of aryl methyl sites for hydroxylation is 1. The summed E-state index contributed by atoms with van der Waals surface area (Å²) in [4.78, 5) is 28.6. The first kappa shape index (κ1) is 23.3. The van der Waals surface area contributed by atoms with Gasteiger partial charge in [0.15, 0.2) is 5.82 Å². The van der Waals surface area contributed by atoms with Crippen LogP contribution in [0, 0.1) is 13.8 Å². The van der Waals surface area contributed by atoms with Gasteiger partial charge >= 0.3 is 5.69 Å². The van der Waals surface area contributed by atoms with Crippen LogP contribution in [-0.4, -0.2) is 36.2 Å². The molecule has 3 rings (SSSR count). The number of hydrogen-bond acceptors (Lipinski definition) is 8. The number of thioether (sulfide) groups is 1. The molecule has 0 unspecified atom stereocenters. The van der Waals surface area contributed by atoms with Gasteiger partial charge in [0.1, 0.15) is 5.69 Å². The number of rotatable bonds is 8. The molecule has 0 atom stereocenters. The molecule has 1 aromatic carbocycles. The van der Waals surface area contributed by atoms with E-state index in [1.807, 2.05) is 6.92 Å². The SMILES string of the molecule is CC(=O)Nc1ccc(S(=O)(=O)Nc2nc(=O)n3c(C)c(C)sc(SCCCN)c2-3)cc1. The molecule has 0 saturated heterocycles. The predicted octanol–water partition coefficient (Wildman–Crippen LogP) is 2.55. The number of sulfonamides is 1. The molecule has 0 bridgehead atoms. The molecule has 0 radical (unpaired) electrons. The number of aromatic nitrogens is 2. The van der Waals surface area contributed by atoms with E-state index in [2.05, 4.69) is 15.0 Å². The predicted molar refractivity (Wildman–Crippen MR) is 124 cm³/mol. The summed E-state index contributed by atoms with van der Waals surface area (Å²) in [5.41, 5.74) is 6.68. The number of amides is 1. The van der Waals surface area contributed by atoms with Crippen molar-refractivity contribution in [2.24, 2.45) is 5.73 Å². The Bertz CT molecular complexity index is 1230. The molecule has 1 aromatic rings. The second-order valence-corrected chi connectivity index (χ2v) is 11.0. The summed E-state index contributed by atoms with van der Waals surface area (Å²) in [6.07, 6.45) is 0.788. The third kappa shape index (κ3) is 5.09. The molecule has 2 heterocycles. The molecule has 0 aliphatic carbocycles. The molecule has 9 nitrogen and oxygen atoms in total. The first-order chi connectivity index (χ1) is 14.6. The van der Waals surface area contributed by atoms with Crippen LogP contribution in [0.4, 0.5) is 11.5 Å². The number of fused-ring (bicyclic) bond motifs is 1. The van der Waals surface area contributed by atoms with E-state index in [9.17, 15) is 18.0 Å². The van der Waals surface area contributed by atoms with Crippen molar-refractivity contribution in [3.05, 3.63) is 45.3 Å². The number of nitrogens with one attached hydrogen (secondary N) is 2.